The van der Waals surface area contributed by atoms with Gasteiger partial charge in [0.25, 0.3) is 0 Å². The van der Waals surface area contributed by atoms with E-state index in [1.807, 2.05) is 12.1 Å². The molecule has 26 heavy (non-hydrogen) atoms. The zero-order valence-electron chi connectivity index (χ0n) is 15.3. The van der Waals surface area contributed by atoms with Crippen molar-refractivity contribution in [3.8, 4) is 0 Å². The SMILES string of the molecule is COCO[C@H]1C[C@](c2ccc(Cl)cc2)(c2nnc3n2CCCCCC3)C1. The van der Waals surface area contributed by atoms with Gasteiger partial charge in [0.1, 0.15) is 18.4 Å². The summed E-state index contributed by atoms with van der Waals surface area (Å²) in [4.78, 5) is 0. The van der Waals surface area contributed by atoms with Crippen LogP contribution >= 0.6 is 11.6 Å². The third-order valence-corrected chi connectivity index (χ3v) is 6.01. The topological polar surface area (TPSA) is 49.2 Å². The first-order valence-electron chi connectivity index (χ1n) is 9.52. The van der Waals surface area contributed by atoms with Gasteiger partial charge in [-0.2, -0.15) is 0 Å². The number of fused-ring (bicyclic) bond motifs is 1. The van der Waals surface area contributed by atoms with E-state index < -0.39 is 0 Å². The van der Waals surface area contributed by atoms with Gasteiger partial charge in [-0.1, -0.05) is 36.6 Å². The molecule has 1 aromatic heterocycles. The number of nitrogens with zero attached hydrogens (tertiary/aromatic N) is 3. The van der Waals surface area contributed by atoms with Crippen LogP contribution in [0.5, 0.6) is 0 Å². The maximum absolute atomic E-state index is 6.13. The highest BCUT2D eigenvalue weighted by molar-refractivity contribution is 6.30. The number of rotatable bonds is 5. The lowest BCUT2D eigenvalue weighted by molar-refractivity contribution is -0.116. The molecule has 0 amide bonds. The maximum atomic E-state index is 6.13. The van der Waals surface area contributed by atoms with Crippen LogP contribution in [0.4, 0.5) is 0 Å². The molecule has 2 aliphatic rings. The summed E-state index contributed by atoms with van der Waals surface area (Å²) in [6.07, 6.45) is 7.97. The van der Waals surface area contributed by atoms with Crippen molar-refractivity contribution in [1.82, 2.24) is 14.8 Å². The van der Waals surface area contributed by atoms with Crippen molar-refractivity contribution in [3.63, 3.8) is 0 Å². The maximum Gasteiger partial charge on any atom is 0.146 e. The molecule has 0 bridgehead atoms. The molecule has 1 fully saturated rings. The van der Waals surface area contributed by atoms with Crippen molar-refractivity contribution >= 4 is 11.6 Å². The molecule has 1 saturated carbocycles. The molecule has 1 aliphatic heterocycles. The van der Waals surface area contributed by atoms with Crippen molar-refractivity contribution in [1.29, 1.82) is 0 Å². The van der Waals surface area contributed by atoms with E-state index in [4.69, 9.17) is 21.1 Å². The van der Waals surface area contributed by atoms with Crippen molar-refractivity contribution in [2.45, 2.75) is 63.0 Å². The standard InChI is InChI=1S/C20H26ClN3O2/c1-25-14-26-17-12-20(13-17,15-7-9-16(21)10-8-15)19-23-22-18-6-4-2-3-5-11-24(18)19/h7-10,17H,2-6,11-14H2,1H3/t17-,20-. The molecular weight excluding hydrogens is 350 g/mol. The Morgan fingerprint density at radius 3 is 2.65 bits per heavy atom. The molecule has 2 heterocycles. The van der Waals surface area contributed by atoms with Crippen LogP contribution in [0.1, 0.15) is 55.7 Å². The number of halogens is 1. The van der Waals surface area contributed by atoms with E-state index in [1.54, 1.807) is 7.11 Å². The number of benzene rings is 1. The van der Waals surface area contributed by atoms with Gasteiger partial charge in [-0.25, -0.2) is 0 Å². The fourth-order valence-electron chi connectivity index (χ4n) is 4.33. The van der Waals surface area contributed by atoms with Gasteiger partial charge in [-0.05, 0) is 43.4 Å². The van der Waals surface area contributed by atoms with E-state index in [-0.39, 0.29) is 11.5 Å². The summed E-state index contributed by atoms with van der Waals surface area (Å²) in [5.41, 5.74) is 1.10. The van der Waals surface area contributed by atoms with E-state index in [1.165, 1.54) is 31.2 Å². The molecule has 0 N–H and O–H groups in total. The molecule has 6 heteroatoms. The molecule has 5 nitrogen and oxygen atoms in total. The second-order valence-corrected chi connectivity index (χ2v) is 7.88. The first-order chi connectivity index (χ1) is 12.7. The third-order valence-electron chi connectivity index (χ3n) is 5.76. The lowest BCUT2D eigenvalue weighted by Crippen LogP contribution is -2.49. The molecular formula is C20H26ClN3O2. The summed E-state index contributed by atoms with van der Waals surface area (Å²) in [6.45, 7) is 1.34. The van der Waals surface area contributed by atoms with Crippen LogP contribution < -0.4 is 0 Å². The van der Waals surface area contributed by atoms with Crippen LogP contribution in [-0.4, -0.2) is 34.8 Å². The average Bonchev–Trinajstić information content (AvgIpc) is 2.97. The normalized spacial score (nSPS) is 25.8. The smallest absolute Gasteiger partial charge is 0.146 e. The van der Waals surface area contributed by atoms with Crippen LogP contribution in [0.15, 0.2) is 24.3 Å². The van der Waals surface area contributed by atoms with Crippen molar-refractivity contribution < 1.29 is 9.47 Å². The Morgan fingerprint density at radius 1 is 1.12 bits per heavy atom. The van der Waals surface area contributed by atoms with Gasteiger partial charge < -0.3 is 14.0 Å². The largest absolute Gasteiger partial charge is 0.359 e. The molecule has 140 valence electrons. The number of hydrogen-bond donors (Lipinski definition) is 0. The molecule has 0 radical (unpaired) electrons. The van der Waals surface area contributed by atoms with Gasteiger partial charge in [0, 0.05) is 25.1 Å². The summed E-state index contributed by atoms with van der Waals surface area (Å²) in [6, 6.07) is 8.18. The molecule has 0 saturated heterocycles. The highest BCUT2D eigenvalue weighted by Gasteiger charge is 2.51. The van der Waals surface area contributed by atoms with Crippen LogP contribution in [0.3, 0.4) is 0 Å². The Hall–Kier alpha value is -1.43. The Morgan fingerprint density at radius 2 is 1.88 bits per heavy atom. The minimum Gasteiger partial charge on any atom is -0.359 e. The van der Waals surface area contributed by atoms with E-state index >= 15 is 0 Å². The summed E-state index contributed by atoms with van der Waals surface area (Å²) in [5.74, 6) is 2.23. The second-order valence-electron chi connectivity index (χ2n) is 7.45. The van der Waals surface area contributed by atoms with Crippen molar-refractivity contribution in [2.75, 3.05) is 13.9 Å². The van der Waals surface area contributed by atoms with Gasteiger partial charge in [0.15, 0.2) is 0 Å². The summed E-state index contributed by atoms with van der Waals surface area (Å²) in [7, 11) is 1.66. The Labute approximate surface area is 159 Å². The third kappa shape index (κ3) is 3.28. The molecule has 1 aliphatic carbocycles. The zero-order chi connectivity index (χ0) is 18.0. The number of aryl methyl sites for hydroxylation is 1. The molecule has 1 aromatic carbocycles. The van der Waals surface area contributed by atoms with Crippen molar-refractivity contribution in [3.05, 3.63) is 46.5 Å². The molecule has 2 aromatic rings. The van der Waals surface area contributed by atoms with Crippen LogP contribution in [-0.2, 0) is 27.9 Å². The van der Waals surface area contributed by atoms with Gasteiger partial charge >= 0.3 is 0 Å². The van der Waals surface area contributed by atoms with E-state index in [9.17, 15) is 0 Å². The van der Waals surface area contributed by atoms with E-state index in [0.717, 1.165) is 42.5 Å². The average molecular weight is 376 g/mol. The number of methoxy groups -OCH3 is 1. The quantitative estimate of drug-likeness (QED) is 0.737. The predicted molar refractivity (Wildman–Crippen MR) is 100 cm³/mol. The van der Waals surface area contributed by atoms with Crippen LogP contribution in [0.2, 0.25) is 5.02 Å². The Bertz CT molecular complexity index is 738. The highest BCUT2D eigenvalue weighted by Crippen LogP contribution is 2.50. The number of ether oxygens (including phenoxy) is 2. The highest BCUT2D eigenvalue weighted by atomic mass is 35.5. The monoisotopic (exact) mass is 375 g/mol. The molecule has 0 atom stereocenters. The summed E-state index contributed by atoms with van der Waals surface area (Å²) < 4.78 is 13.3. The van der Waals surface area contributed by atoms with E-state index in [2.05, 4.69) is 26.9 Å². The molecule has 0 spiro atoms. The zero-order valence-corrected chi connectivity index (χ0v) is 16.0. The van der Waals surface area contributed by atoms with Gasteiger partial charge in [-0.15, -0.1) is 10.2 Å². The first kappa shape index (κ1) is 18.0. The number of hydrogen-bond acceptors (Lipinski definition) is 4. The lowest BCUT2D eigenvalue weighted by Gasteiger charge is -2.47. The molecule has 0 unspecified atom stereocenters. The van der Waals surface area contributed by atoms with Crippen molar-refractivity contribution in [2.24, 2.45) is 0 Å². The van der Waals surface area contributed by atoms with E-state index in [0.29, 0.717) is 6.79 Å². The summed E-state index contributed by atoms with van der Waals surface area (Å²) >= 11 is 6.13. The van der Waals surface area contributed by atoms with Crippen LogP contribution in [0, 0.1) is 0 Å². The minimum absolute atomic E-state index is 0.145. The number of aromatic nitrogens is 3. The fourth-order valence-corrected chi connectivity index (χ4v) is 4.46. The Kier molecular flexibility index (Phi) is 5.30. The first-order valence-corrected chi connectivity index (χ1v) is 9.90. The Balaban J connectivity index is 1.69. The van der Waals surface area contributed by atoms with Crippen LogP contribution in [0.25, 0.3) is 0 Å². The fraction of sp³-hybridized carbons (Fsp3) is 0.600. The van der Waals surface area contributed by atoms with Gasteiger partial charge in [0.2, 0.25) is 0 Å². The second kappa shape index (κ2) is 7.67. The lowest BCUT2D eigenvalue weighted by atomic mass is 9.62. The predicted octanol–water partition coefficient (Wildman–Crippen LogP) is 4.12. The minimum atomic E-state index is -0.145. The molecule has 4 rings (SSSR count). The van der Waals surface area contributed by atoms with Gasteiger partial charge in [0.05, 0.1) is 11.5 Å². The van der Waals surface area contributed by atoms with Gasteiger partial charge in [-0.3, -0.25) is 0 Å². The summed E-state index contributed by atoms with van der Waals surface area (Å²) in [5, 5.41) is 10.00.